The summed E-state index contributed by atoms with van der Waals surface area (Å²) in [4.78, 5) is 0. The van der Waals surface area contributed by atoms with Crippen LogP contribution in [0.4, 0.5) is 0 Å². The largest absolute Gasteiger partial charge is 0.374 e. The van der Waals surface area contributed by atoms with Crippen molar-refractivity contribution in [2.75, 3.05) is 6.54 Å². The van der Waals surface area contributed by atoms with Gasteiger partial charge in [0.2, 0.25) is 0 Å². The first-order chi connectivity index (χ1) is 4.36. The maximum absolute atomic E-state index is 5.53. The van der Waals surface area contributed by atoms with Crippen LogP contribution >= 0.6 is 0 Å². The van der Waals surface area contributed by atoms with Gasteiger partial charge in [0.15, 0.2) is 0 Å². The van der Waals surface area contributed by atoms with Gasteiger partial charge in [-0.3, -0.25) is 0 Å². The van der Waals surface area contributed by atoms with Gasteiger partial charge in [-0.25, -0.2) is 0 Å². The maximum atomic E-state index is 5.53. The van der Waals surface area contributed by atoms with Gasteiger partial charge in [0.05, 0.1) is 12.2 Å². The van der Waals surface area contributed by atoms with E-state index in [9.17, 15) is 0 Å². The lowest BCUT2D eigenvalue weighted by molar-refractivity contribution is 0.0484. The zero-order chi connectivity index (χ0) is 6.69. The third-order valence-corrected chi connectivity index (χ3v) is 1.91. The summed E-state index contributed by atoms with van der Waals surface area (Å²) < 4.78 is 5.53. The molecule has 0 saturated carbocycles. The Morgan fingerprint density at radius 1 is 1.44 bits per heavy atom. The van der Waals surface area contributed by atoms with Crippen molar-refractivity contribution in [2.45, 2.75) is 38.4 Å². The van der Waals surface area contributed by atoms with E-state index in [0.717, 1.165) is 12.8 Å². The number of hydrogen-bond acceptors (Lipinski definition) is 2. The average Bonchev–Trinajstić information content (AvgIpc) is 2.34. The first-order valence-corrected chi connectivity index (χ1v) is 3.72. The summed E-state index contributed by atoms with van der Waals surface area (Å²) in [5.74, 6) is 0. The highest BCUT2D eigenvalue weighted by atomic mass is 16.5. The molecule has 0 bridgehead atoms. The fourth-order valence-electron chi connectivity index (χ4n) is 1.25. The normalized spacial score (nSPS) is 35.3. The second-order valence-corrected chi connectivity index (χ2v) is 2.60. The van der Waals surface area contributed by atoms with E-state index in [0.29, 0.717) is 18.8 Å². The van der Waals surface area contributed by atoms with E-state index in [1.807, 2.05) is 0 Å². The molecule has 0 aromatic heterocycles. The highest BCUT2D eigenvalue weighted by Crippen LogP contribution is 2.20. The topological polar surface area (TPSA) is 35.2 Å². The summed E-state index contributed by atoms with van der Waals surface area (Å²) in [7, 11) is 0. The SMILES string of the molecule is CC[C@H]1CC[C@@H](CN)O1. The molecule has 9 heavy (non-hydrogen) atoms. The molecule has 1 aliphatic heterocycles. The highest BCUT2D eigenvalue weighted by Gasteiger charge is 2.21. The summed E-state index contributed by atoms with van der Waals surface area (Å²) in [6.07, 6.45) is 4.36. The molecule has 0 aliphatic carbocycles. The third-order valence-electron chi connectivity index (χ3n) is 1.91. The van der Waals surface area contributed by atoms with Gasteiger partial charge in [-0.2, -0.15) is 0 Å². The number of hydrogen-bond donors (Lipinski definition) is 1. The van der Waals surface area contributed by atoms with E-state index >= 15 is 0 Å². The van der Waals surface area contributed by atoms with Crippen LogP contribution in [0.5, 0.6) is 0 Å². The number of ether oxygens (including phenoxy) is 1. The molecule has 54 valence electrons. The van der Waals surface area contributed by atoms with Crippen molar-refractivity contribution in [2.24, 2.45) is 5.73 Å². The second kappa shape index (κ2) is 3.18. The van der Waals surface area contributed by atoms with Gasteiger partial charge in [0.25, 0.3) is 0 Å². The Hall–Kier alpha value is -0.0800. The molecular formula is C7H15NO. The fraction of sp³-hybridized carbons (Fsp3) is 1.00. The molecule has 0 unspecified atom stereocenters. The van der Waals surface area contributed by atoms with E-state index < -0.39 is 0 Å². The molecule has 1 saturated heterocycles. The van der Waals surface area contributed by atoms with Crippen LogP contribution in [0.2, 0.25) is 0 Å². The summed E-state index contributed by atoms with van der Waals surface area (Å²) >= 11 is 0. The van der Waals surface area contributed by atoms with Gasteiger partial charge in [0.1, 0.15) is 0 Å². The molecule has 0 aromatic rings. The maximum Gasteiger partial charge on any atom is 0.0702 e. The highest BCUT2D eigenvalue weighted by molar-refractivity contribution is 4.72. The second-order valence-electron chi connectivity index (χ2n) is 2.60. The monoisotopic (exact) mass is 129 g/mol. The minimum atomic E-state index is 0.356. The Balaban J connectivity index is 2.20. The van der Waals surface area contributed by atoms with E-state index in [2.05, 4.69) is 6.92 Å². The summed E-state index contributed by atoms with van der Waals surface area (Å²) in [6, 6.07) is 0. The van der Waals surface area contributed by atoms with Crippen LogP contribution in [0.3, 0.4) is 0 Å². The summed E-state index contributed by atoms with van der Waals surface area (Å²) in [5, 5.41) is 0. The third kappa shape index (κ3) is 1.66. The Morgan fingerprint density at radius 2 is 2.11 bits per heavy atom. The lowest BCUT2D eigenvalue weighted by Crippen LogP contribution is -2.20. The molecular weight excluding hydrogens is 114 g/mol. The van der Waals surface area contributed by atoms with Gasteiger partial charge < -0.3 is 10.5 Å². The molecule has 2 heteroatoms. The van der Waals surface area contributed by atoms with Crippen molar-refractivity contribution < 1.29 is 4.74 Å². The molecule has 2 atom stereocenters. The van der Waals surface area contributed by atoms with Gasteiger partial charge in [-0.1, -0.05) is 6.92 Å². The Bertz CT molecular complexity index is 75.0. The standard InChI is InChI=1S/C7H15NO/c1-2-6-3-4-7(5-8)9-6/h6-7H,2-5,8H2,1H3/t6-,7-/m0/s1. The molecule has 0 radical (unpaired) electrons. The predicted molar refractivity (Wildman–Crippen MR) is 37.2 cm³/mol. The fourth-order valence-corrected chi connectivity index (χ4v) is 1.25. The van der Waals surface area contributed by atoms with E-state index in [1.165, 1.54) is 6.42 Å². The molecule has 0 aromatic carbocycles. The lowest BCUT2D eigenvalue weighted by Gasteiger charge is -2.08. The first kappa shape index (κ1) is 7.03. The van der Waals surface area contributed by atoms with Crippen LogP contribution in [0.1, 0.15) is 26.2 Å². The van der Waals surface area contributed by atoms with Crippen molar-refractivity contribution in [1.82, 2.24) is 0 Å². The van der Waals surface area contributed by atoms with E-state index in [4.69, 9.17) is 10.5 Å². The molecule has 1 aliphatic rings. The molecule has 2 nitrogen and oxygen atoms in total. The van der Waals surface area contributed by atoms with Crippen LogP contribution in [0.15, 0.2) is 0 Å². The smallest absolute Gasteiger partial charge is 0.0702 e. The minimum Gasteiger partial charge on any atom is -0.374 e. The quantitative estimate of drug-likeness (QED) is 0.601. The first-order valence-electron chi connectivity index (χ1n) is 3.72. The van der Waals surface area contributed by atoms with Gasteiger partial charge in [0, 0.05) is 6.54 Å². The molecule has 2 N–H and O–H groups in total. The Morgan fingerprint density at radius 3 is 2.44 bits per heavy atom. The minimum absolute atomic E-state index is 0.356. The number of rotatable bonds is 2. The predicted octanol–water partition coefficient (Wildman–Crippen LogP) is 0.903. The summed E-state index contributed by atoms with van der Waals surface area (Å²) in [6.45, 7) is 2.85. The number of nitrogens with two attached hydrogens (primary N) is 1. The van der Waals surface area contributed by atoms with Crippen LogP contribution in [-0.2, 0) is 4.74 Å². The van der Waals surface area contributed by atoms with Crippen molar-refractivity contribution in [3.05, 3.63) is 0 Å². The summed E-state index contributed by atoms with van der Waals surface area (Å²) in [5.41, 5.74) is 5.43. The molecule has 1 rings (SSSR count). The zero-order valence-electron chi connectivity index (χ0n) is 5.97. The molecule has 1 heterocycles. The van der Waals surface area contributed by atoms with Crippen LogP contribution in [0, 0.1) is 0 Å². The van der Waals surface area contributed by atoms with Gasteiger partial charge in [-0.05, 0) is 19.3 Å². The van der Waals surface area contributed by atoms with Crippen molar-refractivity contribution in [1.29, 1.82) is 0 Å². The van der Waals surface area contributed by atoms with Crippen molar-refractivity contribution in [3.8, 4) is 0 Å². The van der Waals surface area contributed by atoms with Crippen LogP contribution in [0.25, 0.3) is 0 Å². The molecule has 0 amide bonds. The Kier molecular flexibility index (Phi) is 2.49. The Labute approximate surface area is 56.4 Å². The van der Waals surface area contributed by atoms with Crippen molar-refractivity contribution >= 4 is 0 Å². The zero-order valence-corrected chi connectivity index (χ0v) is 5.97. The van der Waals surface area contributed by atoms with Crippen LogP contribution < -0.4 is 5.73 Å². The van der Waals surface area contributed by atoms with Crippen LogP contribution in [-0.4, -0.2) is 18.8 Å². The molecule has 0 spiro atoms. The average molecular weight is 129 g/mol. The van der Waals surface area contributed by atoms with Crippen molar-refractivity contribution in [3.63, 3.8) is 0 Å². The van der Waals surface area contributed by atoms with Gasteiger partial charge >= 0.3 is 0 Å². The molecule has 1 fully saturated rings. The van der Waals surface area contributed by atoms with E-state index in [1.54, 1.807) is 0 Å². The van der Waals surface area contributed by atoms with E-state index in [-0.39, 0.29) is 0 Å². The van der Waals surface area contributed by atoms with Gasteiger partial charge in [-0.15, -0.1) is 0 Å². The lowest BCUT2D eigenvalue weighted by atomic mass is 10.2.